The molecule has 29 heavy (non-hydrogen) atoms. The van der Waals surface area contributed by atoms with Crippen LogP contribution in [-0.4, -0.2) is 36.5 Å². The van der Waals surface area contributed by atoms with Gasteiger partial charge in [0.25, 0.3) is 20.2 Å². The Labute approximate surface area is 175 Å². The average molecular weight is 452 g/mol. The Bertz CT molecular complexity index is 725. The van der Waals surface area contributed by atoms with Gasteiger partial charge in [0.2, 0.25) is 0 Å². The van der Waals surface area contributed by atoms with Gasteiger partial charge in [0.15, 0.2) is 0 Å². The van der Waals surface area contributed by atoms with Crippen molar-refractivity contribution in [1.29, 1.82) is 0 Å². The van der Waals surface area contributed by atoms with Crippen LogP contribution < -0.4 is 10.6 Å². The monoisotopic (exact) mass is 451 g/mol. The first-order valence-electron chi connectivity index (χ1n) is 8.69. The maximum Gasteiger partial charge on any atom is 0.280 e. The van der Waals surface area contributed by atoms with Crippen molar-refractivity contribution in [3.63, 3.8) is 0 Å². The molecule has 0 fully saturated rings. The molecule has 0 saturated carbocycles. The fourth-order valence-corrected chi connectivity index (χ4v) is 1.11. The zero-order valence-corrected chi connectivity index (χ0v) is 19.7. The van der Waals surface area contributed by atoms with Gasteiger partial charge in [-0.05, 0) is 24.3 Å². The second-order valence-electron chi connectivity index (χ2n) is 4.40. The van der Waals surface area contributed by atoms with Crippen LogP contribution in [0.5, 0.6) is 11.5 Å². The lowest BCUT2D eigenvalue weighted by Gasteiger charge is -2.03. The first-order valence-corrected chi connectivity index (χ1v) is 12.3. The van der Waals surface area contributed by atoms with Crippen molar-refractivity contribution >= 4 is 20.2 Å². The third kappa shape index (κ3) is 26.0. The summed E-state index contributed by atoms with van der Waals surface area (Å²) >= 11 is 0. The lowest BCUT2D eigenvalue weighted by atomic mass is 10.3. The molecule has 0 aliphatic carbocycles. The number of para-hydroxylation sites is 2. The van der Waals surface area contributed by atoms with Crippen LogP contribution in [0.3, 0.4) is 0 Å². The fourth-order valence-electron chi connectivity index (χ4n) is 1.11. The molecule has 2 N–H and O–H groups in total. The molecule has 0 radical (unpaired) electrons. The maximum atomic E-state index is 9.78. The van der Waals surface area contributed by atoms with Gasteiger partial charge < -0.3 is 4.74 Å². The zero-order valence-electron chi connectivity index (χ0n) is 18.0. The number of hydrogen-bond donors (Lipinski definition) is 1. The summed E-state index contributed by atoms with van der Waals surface area (Å²) in [6.07, 6.45) is 1.86. The summed E-state index contributed by atoms with van der Waals surface area (Å²) in [5.74, 6) is 5.96. The Morgan fingerprint density at radius 2 is 0.897 bits per heavy atom. The highest BCUT2D eigenvalue weighted by molar-refractivity contribution is 7.86. The molecule has 0 heterocycles. The summed E-state index contributed by atoms with van der Waals surface area (Å²) in [6, 6.07) is 19.5. The van der Waals surface area contributed by atoms with E-state index in [1.807, 2.05) is 88.4 Å². The fraction of sp³-hybridized carbons (Fsp3) is 0.368. The predicted molar refractivity (Wildman–Crippen MR) is 118 cm³/mol. The van der Waals surface area contributed by atoms with Crippen molar-refractivity contribution < 1.29 is 30.0 Å². The van der Waals surface area contributed by atoms with Crippen molar-refractivity contribution in [3.8, 4) is 11.5 Å². The van der Waals surface area contributed by atoms with E-state index < -0.39 is 20.2 Å². The van der Waals surface area contributed by atoms with E-state index in [1.165, 1.54) is 0 Å². The molecule has 0 aliphatic rings. The van der Waals surface area contributed by atoms with Gasteiger partial charge in [-0.3, -0.25) is 4.18 Å². The highest BCUT2D eigenvalue weighted by atomic mass is 32.2. The van der Waals surface area contributed by atoms with E-state index in [0.717, 1.165) is 31.1 Å². The quantitative estimate of drug-likeness (QED) is 0.547. The highest BCUT2D eigenvalue weighted by Crippen LogP contribution is 2.19. The smallest absolute Gasteiger partial charge is 0.280 e. The third-order valence-corrected chi connectivity index (χ3v) is 3.15. The van der Waals surface area contributed by atoms with Crippen LogP contribution >= 0.6 is 0 Å². The van der Waals surface area contributed by atoms with Crippen molar-refractivity contribution in [2.75, 3.05) is 19.6 Å². The highest BCUT2D eigenvalue weighted by Gasteiger charge is 1.93. The summed E-state index contributed by atoms with van der Waals surface area (Å²) in [6.45, 7) is 8.00. The van der Waals surface area contributed by atoms with Gasteiger partial charge >= 0.3 is 0 Å². The van der Waals surface area contributed by atoms with E-state index in [2.05, 4.69) is 14.4 Å². The Kier molecular flexibility index (Phi) is 21.1. The third-order valence-electron chi connectivity index (χ3n) is 2.20. The van der Waals surface area contributed by atoms with Crippen molar-refractivity contribution in [3.05, 3.63) is 60.7 Å². The minimum atomic E-state index is -3.38. The number of rotatable bonds is 4. The normalized spacial score (nSPS) is 9.52. The van der Waals surface area contributed by atoms with Crippen LogP contribution in [0.4, 0.5) is 0 Å². The molecule has 2 aromatic rings. The first-order chi connectivity index (χ1) is 13.6. The molecular formula is C19H33NO7S2. The van der Waals surface area contributed by atoms with Crippen LogP contribution in [0.1, 0.15) is 27.7 Å². The van der Waals surface area contributed by atoms with E-state index in [1.54, 1.807) is 0 Å². The zero-order chi connectivity index (χ0) is 23.3. The largest absolute Gasteiger partial charge is 0.457 e. The van der Waals surface area contributed by atoms with Gasteiger partial charge in [-0.1, -0.05) is 64.1 Å². The molecule has 10 heteroatoms. The Hall–Kier alpha value is -1.98. The van der Waals surface area contributed by atoms with Crippen molar-refractivity contribution in [2.24, 2.45) is 5.90 Å². The number of nitrogens with two attached hydrogens (primary N) is 1. The SMILES string of the molecule is CC.CC.COS(C)(=O)=O.CS(=O)(=O)ON.c1ccc(Oc2ccccc2)cc1. The summed E-state index contributed by atoms with van der Waals surface area (Å²) < 4.78 is 51.8. The van der Waals surface area contributed by atoms with Crippen LogP contribution in [0, 0.1) is 0 Å². The molecule has 168 valence electrons. The molecule has 0 atom stereocenters. The molecule has 0 saturated heterocycles. The van der Waals surface area contributed by atoms with E-state index in [9.17, 15) is 16.8 Å². The molecule has 2 aromatic carbocycles. The summed E-state index contributed by atoms with van der Waals surface area (Å²) in [4.78, 5) is 0. The Morgan fingerprint density at radius 1 is 0.655 bits per heavy atom. The molecule has 0 bridgehead atoms. The molecule has 0 aliphatic heterocycles. The topological polar surface area (TPSA) is 122 Å². The van der Waals surface area contributed by atoms with Crippen LogP contribution in [0.25, 0.3) is 0 Å². The molecule has 0 aromatic heterocycles. The summed E-state index contributed by atoms with van der Waals surface area (Å²) in [5, 5.41) is 0. The minimum absolute atomic E-state index is 0.868. The summed E-state index contributed by atoms with van der Waals surface area (Å²) in [7, 11) is -5.43. The second kappa shape index (κ2) is 19.3. The number of benzene rings is 2. The van der Waals surface area contributed by atoms with Gasteiger partial charge in [0.1, 0.15) is 11.5 Å². The van der Waals surface area contributed by atoms with E-state index in [-0.39, 0.29) is 0 Å². The lowest BCUT2D eigenvalue weighted by Crippen LogP contribution is -2.07. The van der Waals surface area contributed by atoms with Gasteiger partial charge in [-0.15, -0.1) is 0 Å². The molecule has 0 spiro atoms. The molecule has 2 rings (SSSR count). The predicted octanol–water partition coefficient (Wildman–Crippen LogP) is 3.96. The van der Waals surface area contributed by atoms with Gasteiger partial charge in [0, 0.05) is 0 Å². The molecule has 0 amide bonds. The maximum absolute atomic E-state index is 9.78. The van der Waals surface area contributed by atoms with Gasteiger partial charge in [-0.2, -0.15) is 27.0 Å². The van der Waals surface area contributed by atoms with E-state index in [0.29, 0.717) is 0 Å². The average Bonchev–Trinajstić information content (AvgIpc) is 2.72. The van der Waals surface area contributed by atoms with Crippen LogP contribution in [0.15, 0.2) is 60.7 Å². The van der Waals surface area contributed by atoms with E-state index >= 15 is 0 Å². The lowest BCUT2D eigenvalue weighted by molar-refractivity contribution is 0.337. The summed E-state index contributed by atoms with van der Waals surface area (Å²) in [5.41, 5.74) is 0. The molecular weight excluding hydrogens is 418 g/mol. The standard InChI is InChI=1S/C12H10O.C2H6O3S.2C2H6.CH5NO3S/c1-3-7-11(8-4-1)13-12-9-5-2-6-10-12;1-5-6(2,3)4;2*1-2;1-6(3,4)5-2/h1-10H;1-2H3;2*1-2H3;2H2,1H3. The second-order valence-corrected chi connectivity index (χ2v) is 7.74. The molecule has 0 unspecified atom stereocenters. The number of hydrogen-bond acceptors (Lipinski definition) is 8. The Morgan fingerprint density at radius 3 is 1.07 bits per heavy atom. The van der Waals surface area contributed by atoms with Crippen LogP contribution in [-0.2, 0) is 28.7 Å². The molecule has 8 nitrogen and oxygen atoms in total. The van der Waals surface area contributed by atoms with Crippen LogP contribution in [0.2, 0.25) is 0 Å². The Balaban J connectivity index is -0.000000360. The van der Waals surface area contributed by atoms with Gasteiger partial charge in [-0.25, -0.2) is 0 Å². The minimum Gasteiger partial charge on any atom is -0.457 e. The van der Waals surface area contributed by atoms with Crippen molar-refractivity contribution in [2.45, 2.75) is 27.7 Å². The van der Waals surface area contributed by atoms with E-state index in [4.69, 9.17) is 4.74 Å². The number of ether oxygens (including phenoxy) is 1. The van der Waals surface area contributed by atoms with Gasteiger partial charge in [0.05, 0.1) is 19.6 Å². The first kappa shape index (κ1) is 31.7. The van der Waals surface area contributed by atoms with Crippen molar-refractivity contribution in [1.82, 2.24) is 0 Å².